The van der Waals surface area contributed by atoms with Gasteiger partial charge < -0.3 is 10.8 Å². The molecule has 1 heterocycles. The van der Waals surface area contributed by atoms with Crippen molar-refractivity contribution in [3.63, 3.8) is 0 Å². The van der Waals surface area contributed by atoms with E-state index >= 15 is 0 Å². The number of amides is 1. The van der Waals surface area contributed by atoms with Crippen molar-refractivity contribution in [1.29, 1.82) is 0 Å². The zero-order valence-electron chi connectivity index (χ0n) is 7.42. The van der Waals surface area contributed by atoms with Crippen molar-refractivity contribution in [2.24, 2.45) is 5.73 Å². The molecular weight excluding hydrogens is 156 g/mol. The van der Waals surface area contributed by atoms with Crippen LogP contribution < -0.4 is 5.73 Å². The van der Waals surface area contributed by atoms with Crippen LogP contribution in [0.5, 0.6) is 0 Å². The number of nitrogens with zero attached hydrogens (tertiary/aromatic N) is 1. The van der Waals surface area contributed by atoms with Gasteiger partial charge in [-0.1, -0.05) is 6.92 Å². The van der Waals surface area contributed by atoms with Crippen LogP contribution in [0.25, 0.3) is 0 Å². The zero-order valence-corrected chi connectivity index (χ0v) is 7.42. The van der Waals surface area contributed by atoms with Gasteiger partial charge in [-0.25, -0.2) is 4.79 Å². The molecule has 70 valence electrons. The van der Waals surface area contributed by atoms with Gasteiger partial charge in [0.15, 0.2) is 0 Å². The molecule has 1 fully saturated rings. The van der Waals surface area contributed by atoms with Crippen LogP contribution in [0.2, 0.25) is 0 Å². The Morgan fingerprint density at radius 3 is 2.75 bits per heavy atom. The highest BCUT2D eigenvalue weighted by Gasteiger charge is 2.36. The Labute approximate surface area is 72.3 Å². The fourth-order valence-electron chi connectivity index (χ4n) is 1.71. The highest BCUT2D eigenvalue weighted by molar-refractivity contribution is 5.66. The van der Waals surface area contributed by atoms with E-state index < -0.39 is 11.8 Å². The van der Waals surface area contributed by atoms with E-state index in [1.54, 1.807) is 0 Å². The van der Waals surface area contributed by atoms with Crippen molar-refractivity contribution < 1.29 is 9.90 Å². The van der Waals surface area contributed by atoms with E-state index in [9.17, 15) is 4.79 Å². The molecule has 0 saturated carbocycles. The Hall–Kier alpha value is -0.770. The number of carbonyl (C=O) groups is 1. The molecule has 0 aromatic carbocycles. The predicted molar refractivity (Wildman–Crippen MR) is 45.8 cm³/mol. The molecule has 1 atom stereocenters. The molecule has 0 spiro atoms. The molecule has 0 aromatic heterocycles. The number of hydrogen-bond acceptors (Lipinski definition) is 2. The topological polar surface area (TPSA) is 66.6 Å². The number of rotatable bonds is 1. The van der Waals surface area contributed by atoms with Gasteiger partial charge in [0.25, 0.3) is 0 Å². The molecule has 4 nitrogen and oxygen atoms in total. The van der Waals surface area contributed by atoms with Gasteiger partial charge in [-0.05, 0) is 25.7 Å². The van der Waals surface area contributed by atoms with Gasteiger partial charge in [0, 0.05) is 6.54 Å². The Bertz CT molecular complexity index is 184. The molecule has 1 aliphatic rings. The van der Waals surface area contributed by atoms with Crippen molar-refractivity contribution >= 4 is 6.09 Å². The van der Waals surface area contributed by atoms with Crippen LogP contribution in [-0.4, -0.2) is 28.3 Å². The van der Waals surface area contributed by atoms with Crippen molar-refractivity contribution in [2.45, 2.75) is 38.3 Å². The molecule has 3 N–H and O–H groups in total. The van der Waals surface area contributed by atoms with Crippen LogP contribution >= 0.6 is 0 Å². The van der Waals surface area contributed by atoms with Crippen molar-refractivity contribution in [3.05, 3.63) is 0 Å². The quantitative estimate of drug-likeness (QED) is 0.624. The minimum Gasteiger partial charge on any atom is -0.465 e. The van der Waals surface area contributed by atoms with Crippen molar-refractivity contribution in [1.82, 2.24) is 4.90 Å². The molecular formula is C8H16N2O2. The summed E-state index contributed by atoms with van der Waals surface area (Å²) in [4.78, 5) is 12.1. The Morgan fingerprint density at radius 1 is 1.67 bits per heavy atom. The third-order valence-corrected chi connectivity index (χ3v) is 2.62. The van der Waals surface area contributed by atoms with Crippen molar-refractivity contribution in [2.75, 3.05) is 6.54 Å². The van der Waals surface area contributed by atoms with Gasteiger partial charge in [-0.2, -0.15) is 0 Å². The molecule has 1 saturated heterocycles. The summed E-state index contributed by atoms with van der Waals surface area (Å²) >= 11 is 0. The minimum absolute atomic E-state index is 0.583. The van der Waals surface area contributed by atoms with Crippen LogP contribution in [0.3, 0.4) is 0 Å². The molecule has 0 aliphatic carbocycles. The lowest BCUT2D eigenvalue weighted by Crippen LogP contribution is -2.59. The zero-order chi connectivity index (χ0) is 9.19. The smallest absolute Gasteiger partial charge is 0.408 e. The summed E-state index contributed by atoms with van der Waals surface area (Å²) < 4.78 is 0. The second kappa shape index (κ2) is 3.31. The lowest BCUT2D eigenvalue weighted by Gasteiger charge is -2.42. The molecule has 1 rings (SSSR count). The van der Waals surface area contributed by atoms with E-state index in [4.69, 9.17) is 10.8 Å². The van der Waals surface area contributed by atoms with Gasteiger partial charge in [-0.15, -0.1) is 0 Å². The molecule has 1 unspecified atom stereocenters. The summed E-state index contributed by atoms with van der Waals surface area (Å²) in [6, 6.07) is 0. The average molecular weight is 172 g/mol. The molecule has 0 bridgehead atoms. The average Bonchev–Trinajstić information content (AvgIpc) is 2.05. The third kappa shape index (κ3) is 1.53. The third-order valence-electron chi connectivity index (χ3n) is 2.62. The minimum atomic E-state index is -0.890. The van der Waals surface area contributed by atoms with E-state index in [1.807, 2.05) is 6.92 Å². The van der Waals surface area contributed by atoms with Crippen LogP contribution in [0.1, 0.15) is 32.6 Å². The lowest BCUT2D eigenvalue weighted by molar-refractivity contribution is 0.0479. The maximum Gasteiger partial charge on any atom is 0.408 e. The highest BCUT2D eigenvalue weighted by Crippen LogP contribution is 2.25. The maximum atomic E-state index is 10.8. The Kier molecular flexibility index (Phi) is 2.57. The van der Waals surface area contributed by atoms with Crippen LogP contribution in [0.15, 0.2) is 0 Å². The van der Waals surface area contributed by atoms with E-state index in [1.165, 1.54) is 4.90 Å². The fourth-order valence-corrected chi connectivity index (χ4v) is 1.71. The number of likely N-dealkylation sites (tertiary alicyclic amines) is 1. The van der Waals surface area contributed by atoms with Gasteiger partial charge >= 0.3 is 6.09 Å². The van der Waals surface area contributed by atoms with Crippen molar-refractivity contribution in [3.8, 4) is 0 Å². The first kappa shape index (κ1) is 9.32. The van der Waals surface area contributed by atoms with Gasteiger partial charge in [0.05, 0.1) is 5.66 Å². The van der Waals surface area contributed by atoms with Gasteiger partial charge in [-0.3, -0.25) is 4.90 Å². The van der Waals surface area contributed by atoms with Crippen LogP contribution in [0, 0.1) is 0 Å². The summed E-state index contributed by atoms with van der Waals surface area (Å²) in [5.41, 5.74) is 5.34. The number of piperidine rings is 1. The van der Waals surface area contributed by atoms with Gasteiger partial charge in [0.1, 0.15) is 0 Å². The molecule has 0 radical (unpaired) electrons. The normalized spacial score (nSPS) is 30.3. The monoisotopic (exact) mass is 172 g/mol. The number of hydrogen-bond donors (Lipinski definition) is 2. The Balaban J connectivity index is 2.73. The molecule has 4 heteroatoms. The van der Waals surface area contributed by atoms with Crippen LogP contribution in [-0.2, 0) is 0 Å². The standard InChI is InChI=1S/C8H16N2O2/c1-2-8(9)5-3-4-6-10(8)7(11)12/h2-6,9H2,1H3,(H,11,12). The second-order valence-corrected chi connectivity index (χ2v) is 3.35. The summed E-state index contributed by atoms with van der Waals surface area (Å²) in [6.07, 6.45) is 2.56. The molecule has 1 aliphatic heterocycles. The molecule has 0 aromatic rings. The largest absolute Gasteiger partial charge is 0.465 e. The maximum absolute atomic E-state index is 10.8. The van der Waals surface area contributed by atoms with Gasteiger partial charge in [0.2, 0.25) is 0 Å². The first-order chi connectivity index (χ1) is 5.60. The van der Waals surface area contributed by atoms with E-state index in [0.717, 1.165) is 19.3 Å². The second-order valence-electron chi connectivity index (χ2n) is 3.35. The lowest BCUT2D eigenvalue weighted by atomic mass is 9.94. The summed E-state index contributed by atoms with van der Waals surface area (Å²) in [6.45, 7) is 2.51. The first-order valence-corrected chi connectivity index (χ1v) is 4.39. The summed E-state index contributed by atoms with van der Waals surface area (Å²) in [5, 5.41) is 8.85. The summed E-state index contributed by atoms with van der Waals surface area (Å²) in [7, 11) is 0. The van der Waals surface area contributed by atoms with E-state index in [-0.39, 0.29) is 0 Å². The van der Waals surface area contributed by atoms with E-state index in [2.05, 4.69) is 0 Å². The van der Waals surface area contributed by atoms with Crippen LogP contribution in [0.4, 0.5) is 4.79 Å². The predicted octanol–water partition coefficient (Wildman–Crippen LogP) is 1.22. The number of carboxylic acid groups (broad SMARTS) is 1. The molecule has 1 amide bonds. The summed E-state index contributed by atoms with van der Waals surface area (Å²) in [5.74, 6) is 0. The SMILES string of the molecule is CCC1(N)CCCCN1C(=O)O. The molecule has 12 heavy (non-hydrogen) atoms. The highest BCUT2D eigenvalue weighted by atomic mass is 16.4. The number of nitrogens with two attached hydrogens (primary N) is 1. The fraction of sp³-hybridized carbons (Fsp3) is 0.875. The first-order valence-electron chi connectivity index (χ1n) is 4.39. The van der Waals surface area contributed by atoms with E-state index in [0.29, 0.717) is 13.0 Å². The Morgan fingerprint density at radius 2 is 2.33 bits per heavy atom.